The molecule has 2 aromatic heterocycles. The second kappa shape index (κ2) is 3.03. The highest BCUT2D eigenvalue weighted by Crippen LogP contribution is 2.36. The lowest BCUT2D eigenvalue weighted by molar-refractivity contribution is 0.604. The third-order valence-electron chi connectivity index (χ3n) is 3.06. The third-order valence-corrected chi connectivity index (χ3v) is 3.06. The van der Waals surface area contributed by atoms with E-state index in [1.807, 2.05) is 22.9 Å². The van der Waals surface area contributed by atoms with Crippen molar-refractivity contribution in [3.05, 3.63) is 30.4 Å². The summed E-state index contributed by atoms with van der Waals surface area (Å²) in [5, 5.41) is 0. The van der Waals surface area contributed by atoms with Crippen molar-refractivity contribution < 1.29 is 0 Å². The van der Waals surface area contributed by atoms with Gasteiger partial charge in [0, 0.05) is 24.1 Å². The van der Waals surface area contributed by atoms with Crippen LogP contribution < -0.4 is 5.73 Å². The molecule has 0 atom stereocenters. The van der Waals surface area contributed by atoms with Crippen molar-refractivity contribution in [2.24, 2.45) is 5.73 Å². The van der Waals surface area contributed by atoms with Crippen molar-refractivity contribution >= 4 is 5.78 Å². The Kier molecular flexibility index (Phi) is 1.79. The molecule has 0 bridgehead atoms. The average molecular weight is 202 g/mol. The highest BCUT2D eigenvalue weighted by atomic mass is 15.1. The van der Waals surface area contributed by atoms with E-state index in [1.165, 1.54) is 12.8 Å². The molecule has 2 aromatic rings. The molecule has 2 N–H and O–H groups in total. The van der Waals surface area contributed by atoms with Gasteiger partial charge < -0.3 is 5.73 Å². The van der Waals surface area contributed by atoms with Crippen LogP contribution in [0, 0.1) is 0 Å². The Morgan fingerprint density at radius 1 is 1.47 bits per heavy atom. The molecule has 3 rings (SSSR count). The molecule has 1 saturated carbocycles. The van der Waals surface area contributed by atoms with Crippen LogP contribution in [0.25, 0.3) is 5.78 Å². The summed E-state index contributed by atoms with van der Waals surface area (Å²) >= 11 is 0. The van der Waals surface area contributed by atoms with Gasteiger partial charge >= 0.3 is 0 Å². The van der Waals surface area contributed by atoms with Crippen molar-refractivity contribution in [3.8, 4) is 0 Å². The minimum atomic E-state index is 0.114. The molecule has 0 amide bonds. The van der Waals surface area contributed by atoms with Crippen LogP contribution in [0.4, 0.5) is 0 Å². The van der Waals surface area contributed by atoms with Gasteiger partial charge in [0.2, 0.25) is 5.78 Å². The van der Waals surface area contributed by atoms with E-state index in [1.54, 1.807) is 6.20 Å². The SMILES string of the molecule is NC1(CCc2cn3cccnc3n2)CC1. The normalized spacial score (nSPS) is 18.2. The molecule has 15 heavy (non-hydrogen) atoms. The van der Waals surface area contributed by atoms with E-state index in [0.29, 0.717) is 0 Å². The molecule has 0 spiro atoms. The number of hydrogen-bond donors (Lipinski definition) is 1. The number of fused-ring (bicyclic) bond motifs is 1. The summed E-state index contributed by atoms with van der Waals surface area (Å²) in [6.45, 7) is 0. The van der Waals surface area contributed by atoms with Crippen molar-refractivity contribution in [1.29, 1.82) is 0 Å². The van der Waals surface area contributed by atoms with Crippen LogP contribution in [0.5, 0.6) is 0 Å². The van der Waals surface area contributed by atoms with E-state index < -0.39 is 0 Å². The molecule has 0 radical (unpaired) electrons. The fourth-order valence-electron chi connectivity index (χ4n) is 1.79. The smallest absolute Gasteiger partial charge is 0.233 e. The molecule has 0 aliphatic heterocycles. The summed E-state index contributed by atoms with van der Waals surface area (Å²) < 4.78 is 1.95. The Morgan fingerprint density at radius 3 is 3.07 bits per heavy atom. The lowest BCUT2D eigenvalue weighted by Crippen LogP contribution is -2.22. The fraction of sp³-hybridized carbons (Fsp3) is 0.455. The summed E-state index contributed by atoms with van der Waals surface area (Å²) in [6.07, 6.45) is 10.1. The standard InChI is InChI=1S/C11H14N4/c12-11(4-5-11)3-2-9-8-15-7-1-6-13-10(15)14-9/h1,6-8H,2-5,12H2. The Labute approximate surface area is 88.1 Å². The quantitative estimate of drug-likeness (QED) is 0.812. The van der Waals surface area contributed by atoms with E-state index in [-0.39, 0.29) is 5.54 Å². The van der Waals surface area contributed by atoms with Crippen molar-refractivity contribution in [2.45, 2.75) is 31.2 Å². The topological polar surface area (TPSA) is 56.2 Å². The van der Waals surface area contributed by atoms with Gasteiger partial charge in [-0.05, 0) is 31.7 Å². The highest BCUT2D eigenvalue weighted by Gasteiger charge is 2.37. The zero-order valence-corrected chi connectivity index (χ0v) is 8.56. The molecule has 78 valence electrons. The Balaban J connectivity index is 1.79. The number of aryl methyl sites for hydroxylation is 1. The molecule has 1 aliphatic carbocycles. The first-order chi connectivity index (χ1) is 7.25. The monoisotopic (exact) mass is 202 g/mol. The summed E-state index contributed by atoms with van der Waals surface area (Å²) in [6, 6.07) is 1.91. The highest BCUT2D eigenvalue weighted by molar-refractivity contribution is 5.29. The lowest BCUT2D eigenvalue weighted by Gasteiger charge is -2.04. The first-order valence-corrected chi connectivity index (χ1v) is 5.33. The van der Waals surface area contributed by atoms with E-state index in [0.717, 1.165) is 24.3 Å². The summed E-state index contributed by atoms with van der Waals surface area (Å²) in [5.41, 5.74) is 7.24. The van der Waals surface area contributed by atoms with Gasteiger partial charge in [-0.3, -0.25) is 4.40 Å². The zero-order chi connectivity index (χ0) is 10.3. The predicted octanol–water partition coefficient (Wildman–Crippen LogP) is 1.15. The van der Waals surface area contributed by atoms with Gasteiger partial charge in [0.05, 0.1) is 5.69 Å². The first-order valence-electron chi connectivity index (χ1n) is 5.33. The average Bonchev–Trinajstić information content (AvgIpc) is 2.83. The van der Waals surface area contributed by atoms with Gasteiger partial charge in [-0.25, -0.2) is 9.97 Å². The minimum absolute atomic E-state index is 0.114. The van der Waals surface area contributed by atoms with Gasteiger partial charge in [0.15, 0.2) is 0 Å². The molecule has 0 saturated heterocycles. The van der Waals surface area contributed by atoms with Gasteiger partial charge in [-0.2, -0.15) is 0 Å². The van der Waals surface area contributed by atoms with Crippen molar-refractivity contribution in [1.82, 2.24) is 14.4 Å². The number of nitrogens with two attached hydrogens (primary N) is 1. The molecule has 1 fully saturated rings. The Morgan fingerprint density at radius 2 is 2.33 bits per heavy atom. The third kappa shape index (κ3) is 1.72. The van der Waals surface area contributed by atoms with Crippen LogP contribution in [0.3, 0.4) is 0 Å². The van der Waals surface area contributed by atoms with Gasteiger partial charge in [-0.15, -0.1) is 0 Å². The van der Waals surface area contributed by atoms with Crippen LogP contribution in [-0.2, 0) is 6.42 Å². The van der Waals surface area contributed by atoms with Crippen LogP contribution in [0.1, 0.15) is 25.0 Å². The van der Waals surface area contributed by atoms with Crippen molar-refractivity contribution in [3.63, 3.8) is 0 Å². The zero-order valence-electron chi connectivity index (χ0n) is 8.56. The van der Waals surface area contributed by atoms with E-state index in [4.69, 9.17) is 5.73 Å². The minimum Gasteiger partial charge on any atom is -0.325 e. The molecule has 4 heteroatoms. The molecule has 0 unspecified atom stereocenters. The van der Waals surface area contributed by atoms with Crippen LogP contribution in [-0.4, -0.2) is 19.9 Å². The second-order valence-corrected chi connectivity index (χ2v) is 4.42. The molecular formula is C11H14N4. The molecule has 4 nitrogen and oxygen atoms in total. The first kappa shape index (κ1) is 8.85. The molecule has 1 aliphatic rings. The molecule has 2 heterocycles. The Bertz CT molecular complexity index is 451. The second-order valence-electron chi connectivity index (χ2n) is 4.42. The number of nitrogens with zero attached hydrogens (tertiary/aromatic N) is 3. The van der Waals surface area contributed by atoms with E-state index in [2.05, 4.69) is 9.97 Å². The molecule has 0 aromatic carbocycles. The maximum Gasteiger partial charge on any atom is 0.233 e. The summed E-state index contributed by atoms with van der Waals surface area (Å²) in [5.74, 6) is 0.773. The maximum absolute atomic E-state index is 6.04. The maximum atomic E-state index is 6.04. The number of hydrogen-bond acceptors (Lipinski definition) is 3. The number of imidazole rings is 1. The van der Waals surface area contributed by atoms with E-state index in [9.17, 15) is 0 Å². The summed E-state index contributed by atoms with van der Waals surface area (Å²) in [4.78, 5) is 8.62. The van der Waals surface area contributed by atoms with Crippen LogP contribution in [0.15, 0.2) is 24.7 Å². The fourth-order valence-corrected chi connectivity index (χ4v) is 1.79. The summed E-state index contributed by atoms with van der Waals surface area (Å²) in [7, 11) is 0. The van der Waals surface area contributed by atoms with Gasteiger partial charge in [0.25, 0.3) is 0 Å². The van der Waals surface area contributed by atoms with E-state index >= 15 is 0 Å². The lowest BCUT2D eigenvalue weighted by atomic mass is 10.1. The van der Waals surface area contributed by atoms with Gasteiger partial charge in [-0.1, -0.05) is 0 Å². The number of aromatic nitrogens is 3. The van der Waals surface area contributed by atoms with Crippen molar-refractivity contribution in [2.75, 3.05) is 0 Å². The molecular weight excluding hydrogens is 188 g/mol. The van der Waals surface area contributed by atoms with Crippen LogP contribution >= 0.6 is 0 Å². The number of rotatable bonds is 3. The Hall–Kier alpha value is -1.42. The largest absolute Gasteiger partial charge is 0.325 e. The van der Waals surface area contributed by atoms with Gasteiger partial charge in [0.1, 0.15) is 0 Å². The van der Waals surface area contributed by atoms with Crippen LogP contribution in [0.2, 0.25) is 0 Å². The predicted molar refractivity (Wildman–Crippen MR) is 57.5 cm³/mol.